The maximum absolute atomic E-state index is 11.9. The third-order valence-electron chi connectivity index (χ3n) is 6.47. The number of phenolic OH excluding ortho intramolecular Hbond substituents is 2. The predicted octanol–water partition coefficient (Wildman–Crippen LogP) is 8.63. The highest BCUT2D eigenvalue weighted by molar-refractivity contribution is 7.99. The molecule has 1 aliphatic rings. The van der Waals surface area contributed by atoms with Crippen LogP contribution in [0.4, 0.5) is 0 Å². The quantitative estimate of drug-likeness (QED) is 0.194. The number of allylic oxidation sites excluding steroid dienone is 2. The van der Waals surface area contributed by atoms with Crippen molar-refractivity contribution in [2.45, 2.75) is 43.4 Å². The Bertz CT molecular complexity index is 1670. The Morgan fingerprint density at radius 1 is 1.02 bits per heavy atom. The van der Waals surface area contributed by atoms with Crippen LogP contribution < -0.4 is 5.43 Å². The van der Waals surface area contributed by atoms with Gasteiger partial charge < -0.3 is 19.5 Å². The van der Waals surface area contributed by atoms with Gasteiger partial charge in [-0.1, -0.05) is 59.3 Å². The molecule has 0 amide bonds. The van der Waals surface area contributed by atoms with Crippen molar-refractivity contribution in [1.29, 1.82) is 0 Å². The first-order chi connectivity index (χ1) is 19.0. The molecule has 2 heterocycles. The van der Waals surface area contributed by atoms with E-state index in [1.54, 1.807) is 6.92 Å². The van der Waals surface area contributed by atoms with Crippen LogP contribution in [0.3, 0.4) is 0 Å². The SMILES string of the molecule is CC(C)=CCc1c(O)cc2oc(C)cc(=O)c2c1O.CN(C)CCC=C1c2ccccc2Sc2ccc(Cl)cc21.Cl. The number of phenols is 2. The molecule has 0 saturated carbocycles. The molecule has 0 unspecified atom stereocenters. The van der Waals surface area contributed by atoms with Crippen molar-refractivity contribution in [3.05, 3.63) is 110 Å². The van der Waals surface area contributed by atoms with Gasteiger partial charge in [-0.3, -0.25) is 4.79 Å². The number of nitrogens with zero attached hydrogens (tertiary/aromatic N) is 1. The first-order valence-electron chi connectivity index (χ1n) is 13.1. The van der Waals surface area contributed by atoms with Crippen molar-refractivity contribution < 1.29 is 14.6 Å². The van der Waals surface area contributed by atoms with Crippen LogP contribution >= 0.6 is 35.8 Å². The van der Waals surface area contributed by atoms with Gasteiger partial charge in [-0.05, 0) is 88.7 Å². The molecule has 0 spiro atoms. The van der Waals surface area contributed by atoms with E-state index in [0.717, 1.165) is 23.6 Å². The zero-order chi connectivity index (χ0) is 29.0. The zero-order valence-corrected chi connectivity index (χ0v) is 26.2. The van der Waals surface area contributed by atoms with E-state index in [9.17, 15) is 15.0 Å². The molecule has 0 radical (unpaired) electrons. The molecule has 4 aromatic rings. The van der Waals surface area contributed by atoms with E-state index in [2.05, 4.69) is 61.5 Å². The maximum Gasteiger partial charge on any atom is 0.196 e. The Morgan fingerprint density at radius 2 is 1.73 bits per heavy atom. The highest BCUT2D eigenvalue weighted by Gasteiger charge is 2.20. The van der Waals surface area contributed by atoms with Gasteiger partial charge in [0, 0.05) is 39.1 Å². The molecule has 0 bridgehead atoms. The minimum atomic E-state index is -0.310. The first-order valence-corrected chi connectivity index (χ1v) is 14.3. The summed E-state index contributed by atoms with van der Waals surface area (Å²) in [6.07, 6.45) is 5.61. The zero-order valence-electron chi connectivity index (χ0n) is 23.8. The van der Waals surface area contributed by atoms with Gasteiger partial charge in [0.25, 0.3) is 0 Å². The summed E-state index contributed by atoms with van der Waals surface area (Å²) in [4.78, 5) is 16.7. The monoisotopic (exact) mass is 611 g/mol. The molecule has 5 rings (SSSR count). The van der Waals surface area contributed by atoms with Crippen molar-refractivity contribution in [3.63, 3.8) is 0 Å². The van der Waals surface area contributed by atoms with Crippen LogP contribution in [-0.2, 0) is 6.42 Å². The lowest BCUT2D eigenvalue weighted by Gasteiger charge is -2.22. The van der Waals surface area contributed by atoms with Crippen molar-refractivity contribution in [3.8, 4) is 11.5 Å². The summed E-state index contributed by atoms with van der Waals surface area (Å²) in [6.45, 7) is 6.54. The van der Waals surface area contributed by atoms with Gasteiger partial charge in [0.15, 0.2) is 5.43 Å². The molecular weight excluding hydrogens is 577 g/mol. The van der Waals surface area contributed by atoms with Crippen LogP contribution in [0.25, 0.3) is 16.5 Å². The van der Waals surface area contributed by atoms with E-state index in [1.165, 1.54) is 38.6 Å². The Hall–Kier alpha value is -3.16. The molecule has 0 aliphatic carbocycles. The predicted molar refractivity (Wildman–Crippen MR) is 173 cm³/mol. The minimum absolute atomic E-state index is 0. The van der Waals surface area contributed by atoms with Crippen LogP contribution in [0.2, 0.25) is 5.02 Å². The number of benzene rings is 3. The topological polar surface area (TPSA) is 73.9 Å². The molecule has 5 nitrogen and oxygen atoms in total. The molecule has 1 aromatic heterocycles. The average Bonchev–Trinajstić information content (AvgIpc) is 2.88. The fraction of sp³-hybridized carbons (Fsp3) is 0.242. The largest absolute Gasteiger partial charge is 0.507 e. The molecule has 3 aromatic carbocycles. The van der Waals surface area contributed by atoms with Gasteiger partial charge in [0.2, 0.25) is 0 Å². The van der Waals surface area contributed by atoms with Crippen LogP contribution in [-0.4, -0.2) is 35.8 Å². The summed E-state index contributed by atoms with van der Waals surface area (Å²) in [6, 6.07) is 17.5. The van der Waals surface area contributed by atoms with Gasteiger partial charge in [0.05, 0.1) is 0 Å². The Labute approximate surface area is 256 Å². The standard InChI is InChI=1S/C18H18ClNS.C15H16O4.ClH/c1-20(2)11-5-7-14-15-6-3-4-8-17(15)21-18-10-9-13(19)12-16(14)18;1-8(2)4-5-10-11(16)7-13-14(15(10)18)12(17)6-9(3)19-13;/h3-4,6-10,12H,5,11H2,1-2H3;4,6-7,16,18H,5H2,1-3H3;1H. The van der Waals surface area contributed by atoms with Crippen molar-refractivity contribution >= 4 is 52.3 Å². The third-order valence-corrected chi connectivity index (χ3v) is 7.85. The van der Waals surface area contributed by atoms with Crippen LogP contribution in [0.5, 0.6) is 11.5 Å². The molecule has 8 heteroatoms. The Morgan fingerprint density at radius 3 is 2.44 bits per heavy atom. The fourth-order valence-electron chi connectivity index (χ4n) is 4.49. The summed E-state index contributed by atoms with van der Waals surface area (Å²) in [5, 5.41) is 21.0. The number of rotatable bonds is 5. The van der Waals surface area contributed by atoms with Crippen LogP contribution in [0, 0.1) is 6.92 Å². The molecular formula is C33H35Cl2NO4S. The highest BCUT2D eigenvalue weighted by Crippen LogP contribution is 2.46. The second-order valence-electron chi connectivity index (χ2n) is 10.3. The minimum Gasteiger partial charge on any atom is -0.507 e. The van der Waals surface area contributed by atoms with E-state index in [-0.39, 0.29) is 40.3 Å². The molecule has 41 heavy (non-hydrogen) atoms. The van der Waals surface area contributed by atoms with Crippen molar-refractivity contribution in [2.75, 3.05) is 20.6 Å². The van der Waals surface area contributed by atoms with Crippen molar-refractivity contribution in [2.24, 2.45) is 0 Å². The normalized spacial score (nSPS) is 12.7. The smallest absolute Gasteiger partial charge is 0.196 e. The highest BCUT2D eigenvalue weighted by atomic mass is 35.5. The number of aryl methyl sites for hydroxylation is 1. The summed E-state index contributed by atoms with van der Waals surface area (Å²) in [7, 11) is 4.21. The molecule has 0 fully saturated rings. The van der Waals surface area contributed by atoms with Crippen LogP contribution in [0.15, 0.2) is 91.3 Å². The first kappa shape index (κ1) is 32.4. The van der Waals surface area contributed by atoms with Gasteiger partial charge >= 0.3 is 0 Å². The van der Waals surface area contributed by atoms with Crippen LogP contribution in [0.1, 0.15) is 42.7 Å². The molecule has 0 atom stereocenters. The van der Waals surface area contributed by atoms with Gasteiger partial charge in [-0.25, -0.2) is 0 Å². The number of hydrogen-bond acceptors (Lipinski definition) is 6. The van der Waals surface area contributed by atoms with Gasteiger partial charge in [-0.2, -0.15) is 0 Å². The number of aromatic hydroxyl groups is 2. The lowest BCUT2D eigenvalue weighted by molar-refractivity contribution is 0.417. The van der Waals surface area contributed by atoms with Gasteiger partial charge in [-0.15, -0.1) is 12.4 Å². The molecule has 2 N–H and O–H groups in total. The number of fused-ring (bicyclic) bond motifs is 3. The Balaban J connectivity index is 0.000000221. The Kier molecular flexibility index (Phi) is 11.2. The average molecular weight is 613 g/mol. The van der Waals surface area contributed by atoms with E-state index in [4.69, 9.17) is 16.0 Å². The second kappa shape index (κ2) is 14.1. The second-order valence-corrected chi connectivity index (χ2v) is 11.8. The van der Waals surface area contributed by atoms with E-state index in [1.807, 2.05) is 37.8 Å². The number of halogens is 2. The molecule has 216 valence electrons. The fourth-order valence-corrected chi connectivity index (χ4v) is 5.75. The summed E-state index contributed by atoms with van der Waals surface area (Å²) < 4.78 is 5.35. The molecule has 1 aliphatic heterocycles. The number of hydrogen-bond donors (Lipinski definition) is 2. The van der Waals surface area contributed by atoms with Crippen molar-refractivity contribution in [1.82, 2.24) is 4.90 Å². The maximum atomic E-state index is 11.9. The molecule has 0 saturated heterocycles. The third kappa shape index (κ3) is 7.77. The lowest BCUT2D eigenvalue weighted by atomic mass is 9.96. The lowest BCUT2D eigenvalue weighted by Crippen LogP contribution is -2.12. The van der Waals surface area contributed by atoms with E-state index in [0.29, 0.717) is 17.7 Å². The summed E-state index contributed by atoms with van der Waals surface area (Å²) >= 11 is 8.03. The summed E-state index contributed by atoms with van der Waals surface area (Å²) in [5.41, 5.74) is 5.17. The van der Waals surface area contributed by atoms with Gasteiger partial charge in [0.1, 0.15) is 28.2 Å². The van der Waals surface area contributed by atoms with E-state index < -0.39 is 0 Å². The summed E-state index contributed by atoms with van der Waals surface area (Å²) in [5.74, 6) is 0.158. The van der Waals surface area contributed by atoms with E-state index >= 15 is 0 Å².